The zero-order valence-electron chi connectivity index (χ0n) is 9.95. The van der Waals surface area contributed by atoms with Gasteiger partial charge in [0, 0.05) is 6.07 Å². The third-order valence-electron chi connectivity index (χ3n) is 2.16. The van der Waals surface area contributed by atoms with Gasteiger partial charge in [-0.3, -0.25) is 0 Å². The van der Waals surface area contributed by atoms with Gasteiger partial charge in [-0.05, 0) is 23.7 Å². The first-order valence-corrected chi connectivity index (χ1v) is 5.66. The first-order chi connectivity index (χ1) is 9.74. The second-order valence-electron chi connectivity index (χ2n) is 3.69. The standard InChI is InChI=1S/C11H6ClF4N3O2/c12-10-17-4-7(20)9(19-10)18-6-2-1-5(13)3-8(6)21-11(14,15)16/h1-4,20H,(H,17,18,19). The number of nitrogens with one attached hydrogen (secondary N) is 1. The average Bonchev–Trinajstić information content (AvgIpc) is 2.35. The Morgan fingerprint density at radius 1 is 1.29 bits per heavy atom. The van der Waals surface area contributed by atoms with E-state index < -0.39 is 23.7 Å². The highest BCUT2D eigenvalue weighted by molar-refractivity contribution is 6.28. The predicted octanol–water partition coefficient (Wildman–Crippen LogP) is 3.62. The Balaban J connectivity index is 2.37. The molecule has 1 aromatic carbocycles. The molecule has 21 heavy (non-hydrogen) atoms. The SMILES string of the molecule is Oc1cnc(Cl)nc1Nc1ccc(F)cc1OC(F)(F)F. The first kappa shape index (κ1) is 15.1. The molecule has 0 amide bonds. The van der Waals surface area contributed by atoms with Crippen LogP contribution in [0, 0.1) is 5.82 Å². The number of nitrogens with zero attached hydrogens (tertiary/aromatic N) is 2. The lowest BCUT2D eigenvalue weighted by Gasteiger charge is -2.14. The minimum atomic E-state index is -5.00. The number of rotatable bonds is 3. The van der Waals surface area contributed by atoms with Crippen LogP contribution >= 0.6 is 11.6 Å². The van der Waals surface area contributed by atoms with Gasteiger partial charge >= 0.3 is 6.36 Å². The number of aromatic nitrogens is 2. The van der Waals surface area contributed by atoms with Crippen LogP contribution in [-0.4, -0.2) is 21.4 Å². The fraction of sp³-hybridized carbons (Fsp3) is 0.0909. The van der Waals surface area contributed by atoms with Gasteiger partial charge in [-0.2, -0.15) is 4.98 Å². The number of hydrogen-bond donors (Lipinski definition) is 2. The Hall–Kier alpha value is -2.29. The molecule has 2 rings (SSSR count). The Morgan fingerprint density at radius 2 is 2.00 bits per heavy atom. The second kappa shape index (κ2) is 5.60. The maximum absolute atomic E-state index is 13.0. The van der Waals surface area contributed by atoms with Gasteiger partial charge in [0.2, 0.25) is 5.28 Å². The van der Waals surface area contributed by atoms with Crippen molar-refractivity contribution in [1.29, 1.82) is 0 Å². The number of alkyl halides is 3. The van der Waals surface area contributed by atoms with E-state index in [4.69, 9.17) is 11.6 Å². The maximum Gasteiger partial charge on any atom is 0.573 e. The quantitative estimate of drug-likeness (QED) is 0.667. The summed E-state index contributed by atoms with van der Waals surface area (Å²) in [5.41, 5.74) is -0.265. The Kier molecular flexibility index (Phi) is 4.03. The third-order valence-corrected chi connectivity index (χ3v) is 2.34. The molecular formula is C11H6ClF4N3O2. The van der Waals surface area contributed by atoms with Crippen molar-refractivity contribution in [3.8, 4) is 11.5 Å². The number of aromatic hydroxyl groups is 1. The predicted molar refractivity (Wildman–Crippen MR) is 65.1 cm³/mol. The van der Waals surface area contributed by atoms with Crippen molar-refractivity contribution < 1.29 is 27.4 Å². The third kappa shape index (κ3) is 4.09. The summed E-state index contributed by atoms with van der Waals surface area (Å²) in [5.74, 6) is -2.46. The number of benzene rings is 1. The Labute approximate surface area is 120 Å². The van der Waals surface area contributed by atoms with E-state index in [2.05, 4.69) is 20.0 Å². The van der Waals surface area contributed by atoms with Crippen molar-refractivity contribution in [1.82, 2.24) is 9.97 Å². The molecule has 0 aliphatic heterocycles. The van der Waals surface area contributed by atoms with Crippen LogP contribution in [0.5, 0.6) is 11.5 Å². The van der Waals surface area contributed by atoms with Gasteiger partial charge < -0.3 is 15.2 Å². The molecule has 1 heterocycles. The number of anilines is 2. The van der Waals surface area contributed by atoms with Crippen LogP contribution in [0.2, 0.25) is 5.28 Å². The largest absolute Gasteiger partial charge is 0.573 e. The zero-order valence-corrected chi connectivity index (χ0v) is 10.7. The second-order valence-corrected chi connectivity index (χ2v) is 4.02. The minimum Gasteiger partial charge on any atom is -0.503 e. The van der Waals surface area contributed by atoms with Crippen LogP contribution in [0.3, 0.4) is 0 Å². The molecule has 0 radical (unpaired) electrons. The number of halogens is 5. The van der Waals surface area contributed by atoms with E-state index in [-0.39, 0.29) is 16.8 Å². The lowest BCUT2D eigenvalue weighted by atomic mass is 10.3. The Morgan fingerprint density at radius 3 is 2.67 bits per heavy atom. The summed E-state index contributed by atoms with van der Waals surface area (Å²) in [4.78, 5) is 7.06. The van der Waals surface area contributed by atoms with Crippen LogP contribution in [-0.2, 0) is 0 Å². The summed E-state index contributed by atoms with van der Waals surface area (Å²) in [6.07, 6.45) is -4.05. The highest BCUT2D eigenvalue weighted by Gasteiger charge is 2.32. The molecule has 0 saturated heterocycles. The van der Waals surface area contributed by atoms with Crippen LogP contribution in [0.15, 0.2) is 24.4 Å². The molecule has 0 fully saturated rings. The highest BCUT2D eigenvalue weighted by atomic mass is 35.5. The molecule has 10 heteroatoms. The van der Waals surface area contributed by atoms with Crippen molar-refractivity contribution in [2.24, 2.45) is 0 Å². The van der Waals surface area contributed by atoms with Crippen molar-refractivity contribution in [2.45, 2.75) is 6.36 Å². The normalized spacial score (nSPS) is 11.3. The fourth-order valence-corrected chi connectivity index (χ4v) is 1.52. The van der Waals surface area contributed by atoms with E-state index in [9.17, 15) is 22.7 Å². The summed E-state index contributed by atoms with van der Waals surface area (Å²) in [6, 6.07) is 2.44. The molecule has 112 valence electrons. The van der Waals surface area contributed by atoms with Gasteiger partial charge in [0.15, 0.2) is 17.3 Å². The average molecular weight is 324 g/mol. The molecule has 1 aromatic heterocycles. The summed E-state index contributed by atoms with van der Waals surface area (Å²) >= 11 is 5.51. The van der Waals surface area contributed by atoms with Crippen molar-refractivity contribution in [3.63, 3.8) is 0 Å². The van der Waals surface area contributed by atoms with Crippen molar-refractivity contribution in [2.75, 3.05) is 5.32 Å². The molecule has 0 atom stereocenters. The summed E-state index contributed by atoms with van der Waals surface area (Å²) < 4.78 is 53.5. The lowest BCUT2D eigenvalue weighted by molar-refractivity contribution is -0.274. The summed E-state index contributed by atoms with van der Waals surface area (Å²) in [5, 5.41) is 11.6. The van der Waals surface area contributed by atoms with Crippen molar-refractivity contribution in [3.05, 3.63) is 35.5 Å². The molecule has 0 saturated carbocycles. The van der Waals surface area contributed by atoms with Crippen LogP contribution < -0.4 is 10.1 Å². The monoisotopic (exact) mass is 323 g/mol. The van der Waals surface area contributed by atoms with Crippen LogP contribution in [0.1, 0.15) is 0 Å². The van der Waals surface area contributed by atoms with Gasteiger partial charge in [0.1, 0.15) is 5.82 Å². The lowest BCUT2D eigenvalue weighted by Crippen LogP contribution is -2.18. The van der Waals surface area contributed by atoms with Crippen LogP contribution in [0.25, 0.3) is 0 Å². The molecule has 2 N–H and O–H groups in total. The highest BCUT2D eigenvalue weighted by Crippen LogP contribution is 2.34. The molecule has 0 aliphatic carbocycles. The van der Waals surface area contributed by atoms with E-state index >= 15 is 0 Å². The van der Waals surface area contributed by atoms with E-state index in [1.54, 1.807) is 0 Å². The molecule has 0 bridgehead atoms. The van der Waals surface area contributed by atoms with E-state index in [0.29, 0.717) is 6.07 Å². The minimum absolute atomic E-state index is 0.240. The van der Waals surface area contributed by atoms with E-state index in [1.165, 1.54) is 0 Å². The molecule has 0 aliphatic rings. The fourth-order valence-electron chi connectivity index (χ4n) is 1.38. The Bertz CT molecular complexity index is 666. The zero-order chi connectivity index (χ0) is 15.6. The molecular weight excluding hydrogens is 318 g/mol. The topological polar surface area (TPSA) is 67.3 Å². The molecule has 5 nitrogen and oxygen atoms in total. The van der Waals surface area contributed by atoms with Crippen LogP contribution in [0.4, 0.5) is 29.1 Å². The van der Waals surface area contributed by atoms with Crippen molar-refractivity contribution >= 4 is 23.1 Å². The maximum atomic E-state index is 13.0. The molecule has 2 aromatic rings. The number of ether oxygens (including phenoxy) is 1. The van der Waals surface area contributed by atoms with Gasteiger partial charge in [-0.15, -0.1) is 13.2 Å². The summed E-state index contributed by atoms with van der Waals surface area (Å²) in [7, 11) is 0. The molecule has 0 unspecified atom stereocenters. The smallest absolute Gasteiger partial charge is 0.503 e. The summed E-state index contributed by atoms with van der Waals surface area (Å²) in [6.45, 7) is 0. The van der Waals surface area contributed by atoms with E-state index in [1.807, 2.05) is 0 Å². The number of hydrogen-bond acceptors (Lipinski definition) is 5. The van der Waals surface area contributed by atoms with E-state index in [0.717, 1.165) is 18.3 Å². The van der Waals surface area contributed by atoms with Gasteiger partial charge in [0.25, 0.3) is 0 Å². The molecule has 0 spiro atoms. The van der Waals surface area contributed by atoms with Gasteiger partial charge in [-0.1, -0.05) is 0 Å². The van der Waals surface area contributed by atoms with Gasteiger partial charge in [-0.25, -0.2) is 9.37 Å². The van der Waals surface area contributed by atoms with Gasteiger partial charge in [0.05, 0.1) is 11.9 Å². The first-order valence-electron chi connectivity index (χ1n) is 5.28.